The van der Waals surface area contributed by atoms with Crippen LogP contribution in [0.15, 0.2) is 0 Å². The molecule has 1 aliphatic rings. The van der Waals surface area contributed by atoms with Gasteiger partial charge in [-0.3, -0.25) is 0 Å². The molecule has 0 aromatic heterocycles. The molecule has 13 heavy (non-hydrogen) atoms. The Hall–Kier alpha value is -0.120. The van der Waals surface area contributed by atoms with Crippen molar-refractivity contribution in [1.82, 2.24) is 0 Å². The number of ether oxygens (including phenoxy) is 2. The van der Waals surface area contributed by atoms with Gasteiger partial charge in [-0.15, -0.1) is 0 Å². The second kappa shape index (κ2) is 4.40. The molecule has 0 aliphatic carbocycles. The van der Waals surface area contributed by atoms with Crippen LogP contribution >= 0.6 is 0 Å². The quantitative estimate of drug-likeness (QED) is 0.726. The van der Waals surface area contributed by atoms with Gasteiger partial charge in [0.15, 0.2) is 0 Å². The minimum atomic E-state index is -0.442. The Bertz CT molecular complexity index is 148. The van der Waals surface area contributed by atoms with Crippen LogP contribution in [0.1, 0.15) is 33.6 Å². The first-order chi connectivity index (χ1) is 6.02. The Morgan fingerprint density at radius 3 is 2.38 bits per heavy atom. The molecule has 1 rings (SSSR count). The lowest BCUT2D eigenvalue weighted by Gasteiger charge is -2.34. The maximum atomic E-state index is 9.45. The van der Waals surface area contributed by atoms with Crippen molar-refractivity contribution in [1.29, 1.82) is 0 Å². The van der Waals surface area contributed by atoms with E-state index in [1.807, 2.05) is 13.8 Å². The Balaban J connectivity index is 2.37. The molecule has 3 heteroatoms. The summed E-state index contributed by atoms with van der Waals surface area (Å²) < 4.78 is 11.0. The van der Waals surface area contributed by atoms with E-state index >= 15 is 0 Å². The molecule has 1 heterocycles. The molecule has 1 atom stereocenters. The molecule has 1 saturated heterocycles. The van der Waals surface area contributed by atoms with Crippen molar-refractivity contribution < 1.29 is 14.6 Å². The van der Waals surface area contributed by atoms with Gasteiger partial charge in [-0.2, -0.15) is 0 Å². The van der Waals surface area contributed by atoms with Gasteiger partial charge in [-0.05, 0) is 33.6 Å². The predicted molar refractivity (Wildman–Crippen MR) is 50.7 cm³/mol. The van der Waals surface area contributed by atoms with Crippen LogP contribution in [-0.4, -0.2) is 36.1 Å². The van der Waals surface area contributed by atoms with Crippen LogP contribution in [0.2, 0.25) is 0 Å². The van der Waals surface area contributed by atoms with Crippen molar-refractivity contribution in [2.24, 2.45) is 0 Å². The van der Waals surface area contributed by atoms with Crippen molar-refractivity contribution in [2.75, 3.05) is 13.2 Å². The van der Waals surface area contributed by atoms with E-state index in [0.717, 1.165) is 26.1 Å². The highest BCUT2D eigenvalue weighted by molar-refractivity contribution is 4.78. The van der Waals surface area contributed by atoms with Crippen LogP contribution in [0.4, 0.5) is 0 Å². The van der Waals surface area contributed by atoms with Crippen molar-refractivity contribution in [3.63, 3.8) is 0 Å². The first kappa shape index (κ1) is 11.0. The molecule has 0 saturated carbocycles. The molecule has 0 radical (unpaired) electrons. The van der Waals surface area contributed by atoms with E-state index in [1.165, 1.54) is 0 Å². The zero-order chi connectivity index (χ0) is 9.90. The Labute approximate surface area is 80.0 Å². The van der Waals surface area contributed by atoms with Crippen LogP contribution in [0.5, 0.6) is 0 Å². The minimum Gasteiger partial charge on any atom is -0.390 e. The zero-order valence-electron chi connectivity index (χ0n) is 8.75. The molecule has 0 aromatic rings. The smallest absolute Gasteiger partial charge is 0.0885 e. The molecule has 3 nitrogen and oxygen atoms in total. The third-order valence-electron chi connectivity index (χ3n) is 2.64. The van der Waals surface area contributed by atoms with E-state index in [2.05, 4.69) is 0 Å². The molecular weight excluding hydrogens is 168 g/mol. The number of hydrogen-bond donors (Lipinski definition) is 1. The largest absolute Gasteiger partial charge is 0.390 e. The van der Waals surface area contributed by atoms with E-state index in [1.54, 1.807) is 6.92 Å². The predicted octanol–water partition coefficient (Wildman–Crippen LogP) is 1.34. The standard InChI is InChI=1S/C10H20O3/c1-8(11)10(2,3)13-9-4-6-12-7-5-9/h8-9,11H,4-7H2,1-3H3. The highest BCUT2D eigenvalue weighted by Gasteiger charge is 2.29. The third kappa shape index (κ3) is 3.25. The summed E-state index contributed by atoms with van der Waals surface area (Å²) in [5, 5.41) is 9.45. The van der Waals surface area contributed by atoms with Crippen molar-refractivity contribution in [3.05, 3.63) is 0 Å². The fourth-order valence-corrected chi connectivity index (χ4v) is 1.32. The summed E-state index contributed by atoms with van der Waals surface area (Å²) in [4.78, 5) is 0. The summed E-state index contributed by atoms with van der Waals surface area (Å²) >= 11 is 0. The zero-order valence-corrected chi connectivity index (χ0v) is 8.75. The molecule has 1 fully saturated rings. The van der Waals surface area contributed by atoms with Crippen LogP contribution in [-0.2, 0) is 9.47 Å². The van der Waals surface area contributed by atoms with Gasteiger partial charge in [0.25, 0.3) is 0 Å². The molecule has 0 aromatic carbocycles. The van der Waals surface area contributed by atoms with E-state index in [9.17, 15) is 5.11 Å². The lowest BCUT2D eigenvalue weighted by Crippen LogP contribution is -2.41. The van der Waals surface area contributed by atoms with Crippen molar-refractivity contribution in [3.8, 4) is 0 Å². The Kier molecular flexibility index (Phi) is 3.71. The van der Waals surface area contributed by atoms with Crippen LogP contribution in [0, 0.1) is 0 Å². The lowest BCUT2D eigenvalue weighted by molar-refractivity contribution is -0.151. The van der Waals surface area contributed by atoms with Crippen LogP contribution in [0.3, 0.4) is 0 Å². The van der Waals surface area contributed by atoms with Crippen LogP contribution in [0.25, 0.3) is 0 Å². The maximum Gasteiger partial charge on any atom is 0.0885 e. The van der Waals surface area contributed by atoms with Gasteiger partial charge in [-0.1, -0.05) is 0 Å². The molecule has 1 aliphatic heterocycles. The van der Waals surface area contributed by atoms with E-state index in [4.69, 9.17) is 9.47 Å². The first-order valence-electron chi connectivity index (χ1n) is 4.96. The molecule has 1 unspecified atom stereocenters. The van der Waals surface area contributed by atoms with Gasteiger partial charge in [0, 0.05) is 13.2 Å². The third-order valence-corrected chi connectivity index (χ3v) is 2.64. The molecule has 78 valence electrons. The Morgan fingerprint density at radius 1 is 1.38 bits per heavy atom. The van der Waals surface area contributed by atoms with Crippen molar-refractivity contribution in [2.45, 2.75) is 51.4 Å². The second-order valence-electron chi connectivity index (χ2n) is 4.21. The highest BCUT2D eigenvalue weighted by Crippen LogP contribution is 2.22. The van der Waals surface area contributed by atoms with Gasteiger partial charge < -0.3 is 14.6 Å². The lowest BCUT2D eigenvalue weighted by atomic mass is 10.0. The minimum absolute atomic E-state index is 0.248. The summed E-state index contributed by atoms with van der Waals surface area (Å²) in [6.45, 7) is 7.17. The summed E-state index contributed by atoms with van der Waals surface area (Å²) in [7, 11) is 0. The number of hydrogen-bond acceptors (Lipinski definition) is 3. The average molecular weight is 188 g/mol. The van der Waals surface area contributed by atoms with Crippen molar-refractivity contribution >= 4 is 0 Å². The molecular formula is C10H20O3. The van der Waals surface area contributed by atoms with Gasteiger partial charge in [0.2, 0.25) is 0 Å². The van der Waals surface area contributed by atoms with Gasteiger partial charge >= 0.3 is 0 Å². The number of rotatable bonds is 3. The topological polar surface area (TPSA) is 38.7 Å². The second-order valence-corrected chi connectivity index (χ2v) is 4.21. The van der Waals surface area contributed by atoms with Crippen LogP contribution < -0.4 is 0 Å². The summed E-state index contributed by atoms with van der Waals surface area (Å²) in [6, 6.07) is 0. The van der Waals surface area contributed by atoms with Gasteiger partial charge in [-0.25, -0.2) is 0 Å². The Morgan fingerprint density at radius 2 is 1.92 bits per heavy atom. The molecule has 0 bridgehead atoms. The monoisotopic (exact) mass is 188 g/mol. The highest BCUT2D eigenvalue weighted by atomic mass is 16.5. The molecule has 0 spiro atoms. The fourth-order valence-electron chi connectivity index (χ4n) is 1.32. The number of aliphatic hydroxyl groups excluding tert-OH is 1. The fraction of sp³-hybridized carbons (Fsp3) is 1.00. The summed E-state index contributed by atoms with van der Waals surface area (Å²) in [5.74, 6) is 0. The molecule has 1 N–H and O–H groups in total. The van der Waals surface area contributed by atoms with E-state index in [0.29, 0.717) is 0 Å². The normalized spacial score (nSPS) is 23.1. The summed E-state index contributed by atoms with van der Waals surface area (Å²) in [5.41, 5.74) is -0.442. The average Bonchev–Trinajstić information content (AvgIpc) is 2.05. The maximum absolute atomic E-state index is 9.45. The first-order valence-corrected chi connectivity index (χ1v) is 4.96. The van der Waals surface area contributed by atoms with Gasteiger partial charge in [0.1, 0.15) is 0 Å². The molecule has 0 amide bonds. The number of aliphatic hydroxyl groups is 1. The SMILES string of the molecule is CC(O)C(C)(C)OC1CCOCC1. The van der Waals surface area contributed by atoms with E-state index in [-0.39, 0.29) is 6.10 Å². The summed E-state index contributed by atoms with van der Waals surface area (Å²) in [6.07, 6.45) is 1.69. The van der Waals surface area contributed by atoms with E-state index < -0.39 is 11.7 Å². The van der Waals surface area contributed by atoms with Gasteiger partial charge in [0.05, 0.1) is 17.8 Å².